The minimum Gasteiger partial charge on any atom is -0.302 e. The highest BCUT2D eigenvalue weighted by Gasteiger charge is 2.28. The van der Waals surface area contributed by atoms with Gasteiger partial charge in [0, 0.05) is 19.1 Å². The van der Waals surface area contributed by atoms with Crippen LogP contribution in [0, 0.1) is 11.3 Å². The quantitative estimate of drug-likeness (QED) is 0.786. The molecule has 1 aromatic rings. The summed E-state index contributed by atoms with van der Waals surface area (Å²) in [6, 6.07) is 8.73. The van der Waals surface area contributed by atoms with Gasteiger partial charge in [0.15, 0.2) is 9.84 Å². The number of nitriles is 1. The highest BCUT2D eigenvalue weighted by atomic mass is 32.2. The molecule has 6 heteroatoms. The molecule has 2 saturated heterocycles. The van der Waals surface area contributed by atoms with E-state index in [9.17, 15) is 8.42 Å². The van der Waals surface area contributed by atoms with E-state index < -0.39 is 9.84 Å². The van der Waals surface area contributed by atoms with Gasteiger partial charge in [-0.3, -0.25) is 4.90 Å². The number of rotatable bonds is 6. The number of likely N-dealkylation sites (tertiary alicyclic amines) is 2. The predicted molar refractivity (Wildman–Crippen MR) is 93.5 cm³/mol. The Balaban J connectivity index is 1.57. The van der Waals surface area contributed by atoms with Gasteiger partial charge in [0.25, 0.3) is 0 Å². The topological polar surface area (TPSA) is 64.4 Å². The van der Waals surface area contributed by atoms with Gasteiger partial charge in [-0.15, -0.1) is 0 Å². The zero-order chi connectivity index (χ0) is 17.0. The van der Waals surface area contributed by atoms with Crippen LogP contribution in [0.5, 0.6) is 0 Å². The second-order valence-corrected chi connectivity index (χ2v) is 8.90. The van der Waals surface area contributed by atoms with E-state index in [-0.39, 0.29) is 5.75 Å². The molecule has 0 saturated carbocycles. The number of nitrogens with zero attached hydrogens (tertiary/aromatic N) is 3. The maximum atomic E-state index is 12.5. The molecule has 0 spiro atoms. The van der Waals surface area contributed by atoms with Crippen molar-refractivity contribution >= 4 is 9.84 Å². The van der Waals surface area contributed by atoms with Gasteiger partial charge in [-0.05, 0) is 69.6 Å². The second kappa shape index (κ2) is 7.64. The van der Waals surface area contributed by atoms with Crippen LogP contribution in [-0.2, 0) is 9.84 Å². The molecular weight excluding hydrogens is 322 g/mol. The molecule has 0 aliphatic carbocycles. The van der Waals surface area contributed by atoms with E-state index >= 15 is 0 Å². The zero-order valence-electron chi connectivity index (χ0n) is 14.0. The van der Waals surface area contributed by atoms with Crippen molar-refractivity contribution in [2.24, 2.45) is 0 Å². The number of hydrogen-bond donors (Lipinski definition) is 0. The maximum Gasteiger partial charge on any atom is 0.179 e. The van der Waals surface area contributed by atoms with Crippen LogP contribution in [0.4, 0.5) is 0 Å². The monoisotopic (exact) mass is 347 g/mol. The first-order chi connectivity index (χ1) is 11.6. The van der Waals surface area contributed by atoms with Gasteiger partial charge in [-0.2, -0.15) is 5.26 Å². The van der Waals surface area contributed by atoms with E-state index in [1.54, 1.807) is 24.3 Å². The fourth-order valence-electron chi connectivity index (χ4n) is 3.75. The molecular formula is C18H25N3O2S. The fraction of sp³-hybridized carbons (Fsp3) is 0.611. The summed E-state index contributed by atoms with van der Waals surface area (Å²) in [7, 11) is -3.29. The van der Waals surface area contributed by atoms with E-state index in [1.165, 1.54) is 32.4 Å². The minimum atomic E-state index is -3.29. The van der Waals surface area contributed by atoms with Gasteiger partial charge in [-0.1, -0.05) is 0 Å². The fourth-order valence-corrected chi connectivity index (χ4v) is 5.01. The van der Waals surface area contributed by atoms with Crippen molar-refractivity contribution in [1.82, 2.24) is 9.80 Å². The van der Waals surface area contributed by atoms with Gasteiger partial charge in [0.1, 0.15) is 0 Å². The molecule has 0 bridgehead atoms. The Labute approximate surface area is 144 Å². The summed E-state index contributed by atoms with van der Waals surface area (Å²) in [6.45, 7) is 5.06. The Morgan fingerprint density at radius 1 is 1.08 bits per heavy atom. The molecule has 130 valence electrons. The van der Waals surface area contributed by atoms with Gasteiger partial charge >= 0.3 is 0 Å². The SMILES string of the molecule is N#Cc1ccc(S(=O)(=O)CCN2CCC[C@@H]2CN2CCCC2)cc1. The maximum absolute atomic E-state index is 12.5. The van der Waals surface area contributed by atoms with Gasteiger partial charge < -0.3 is 4.90 Å². The van der Waals surface area contributed by atoms with E-state index in [0.717, 1.165) is 19.5 Å². The van der Waals surface area contributed by atoms with Crippen LogP contribution in [0.2, 0.25) is 0 Å². The van der Waals surface area contributed by atoms with Crippen molar-refractivity contribution in [3.05, 3.63) is 29.8 Å². The first-order valence-corrected chi connectivity index (χ1v) is 10.4. The third-order valence-corrected chi connectivity index (χ3v) is 6.87. The predicted octanol–water partition coefficient (Wildman–Crippen LogP) is 1.89. The van der Waals surface area contributed by atoms with Crippen molar-refractivity contribution in [3.63, 3.8) is 0 Å². The molecule has 24 heavy (non-hydrogen) atoms. The number of hydrogen-bond acceptors (Lipinski definition) is 5. The average Bonchev–Trinajstić information content (AvgIpc) is 3.25. The Kier molecular flexibility index (Phi) is 5.54. The summed E-state index contributed by atoms with van der Waals surface area (Å²) in [6.07, 6.45) is 4.92. The van der Waals surface area contributed by atoms with Crippen LogP contribution < -0.4 is 0 Å². The second-order valence-electron chi connectivity index (χ2n) is 6.79. The van der Waals surface area contributed by atoms with Gasteiger partial charge in [0.2, 0.25) is 0 Å². The van der Waals surface area contributed by atoms with Crippen molar-refractivity contribution in [1.29, 1.82) is 5.26 Å². The molecule has 0 N–H and O–H groups in total. The summed E-state index contributed by atoms with van der Waals surface area (Å²) < 4.78 is 25.0. The molecule has 5 nitrogen and oxygen atoms in total. The Hall–Kier alpha value is -1.42. The minimum absolute atomic E-state index is 0.148. The van der Waals surface area contributed by atoms with E-state index in [0.29, 0.717) is 23.0 Å². The van der Waals surface area contributed by atoms with Crippen molar-refractivity contribution < 1.29 is 8.42 Å². The zero-order valence-corrected chi connectivity index (χ0v) is 14.8. The molecule has 1 aromatic carbocycles. The van der Waals surface area contributed by atoms with Crippen LogP contribution in [0.15, 0.2) is 29.2 Å². The molecule has 0 radical (unpaired) electrons. The van der Waals surface area contributed by atoms with Gasteiger partial charge in [0.05, 0.1) is 22.3 Å². The summed E-state index contributed by atoms with van der Waals surface area (Å²) in [5, 5.41) is 8.81. The van der Waals surface area contributed by atoms with Crippen LogP contribution in [0.25, 0.3) is 0 Å². The van der Waals surface area contributed by atoms with Gasteiger partial charge in [-0.25, -0.2) is 8.42 Å². The van der Waals surface area contributed by atoms with E-state index in [4.69, 9.17) is 5.26 Å². The molecule has 2 fully saturated rings. The third-order valence-electron chi connectivity index (χ3n) is 5.16. The lowest BCUT2D eigenvalue weighted by atomic mass is 10.2. The summed E-state index contributed by atoms with van der Waals surface area (Å²) in [4.78, 5) is 5.18. The molecule has 0 aromatic heterocycles. The lowest BCUT2D eigenvalue weighted by Crippen LogP contribution is -2.41. The number of sulfone groups is 1. The van der Waals surface area contributed by atoms with Crippen LogP contribution in [0.3, 0.4) is 0 Å². The Bertz CT molecular complexity index is 688. The summed E-state index contributed by atoms with van der Waals surface area (Å²) in [5.41, 5.74) is 0.485. The lowest BCUT2D eigenvalue weighted by Gasteiger charge is -2.28. The lowest BCUT2D eigenvalue weighted by molar-refractivity contribution is 0.199. The normalized spacial score (nSPS) is 22.7. The van der Waals surface area contributed by atoms with Crippen LogP contribution in [0.1, 0.15) is 31.2 Å². The molecule has 2 heterocycles. The molecule has 0 unspecified atom stereocenters. The van der Waals surface area contributed by atoms with Crippen molar-refractivity contribution in [3.8, 4) is 6.07 Å². The third kappa shape index (κ3) is 4.15. The highest BCUT2D eigenvalue weighted by molar-refractivity contribution is 7.91. The molecule has 3 rings (SSSR count). The molecule has 2 aliphatic rings. The highest BCUT2D eigenvalue weighted by Crippen LogP contribution is 2.21. The van der Waals surface area contributed by atoms with Crippen molar-refractivity contribution in [2.75, 3.05) is 38.5 Å². The van der Waals surface area contributed by atoms with E-state index in [1.807, 2.05) is 6.07 Å². The Morgan fingerprint density at radius 3 is 2.46 bits per heavy atom. The molecule has 1 atom stereocenters. The van der Waals surface area contributed by atoms with Crippen LogP contribution in [-0.4, -0.2) is 62.7 Å². The van der Waals surface area contributed by atoms with Crippen molar-refractivity contribution in [2.45, 2.75) is 36.6 Å². The summed E-state index contributed by atoms with van der Waals surface area (Å²) >= 11 is 0. The first-order valence-electron chi connectivity index (χ1n) is 8.78. The smallest absolute Gasteiger partial charge is 0.179 e. The first kappa shape index (κ1) is 17.4. The molecule has 2 aliphatic heterocycles. The average molecular weight is 347 g/mol. The summed E-state index contributed by atoms with van der Waals surface area (Å²) in [5.74, 6) is 0.148. The largest absolute Gasteiger partial charge is 0.302 e. The molecule has 0 amide bonds. The Morgan fingerprint density at radius 2 is 1.79 bits per heavy atom. The van der Waals surface area contributed by atoms with E-state index in [2.05, 4.69) is 9.80 Å². The number of benzene rings is 1. The van der Waals surface area contributed by atoms with Crippen LogP contribution >= 0.6 is 0 Å². The standard InChI is InChI=1S/C18H25N3O2S/c19-14-16-5-7-18(8-6-16)24(22,23)13-12-21-11-3-4-17(21)15-20-9-1-2-10-20/h5-8,17H,1-4,9-13,15H2/t17-/m1/s1.